The molecule has 1 saturated heterocycles. The summed E-state index contributed by atoms with van der Waals surface area (Å²) in [5.41, 5.74) is -1.38. The van der Waals surface area contributed by atoms with Crippen molar-refractivity contribution in [2.24, 2.45) is 16.7 Å². The van der Waals surface area contributed by atoms with Gasteiger partial charge in [-0.2, -0.15) is 0 Å². The summed E-state index contributed by atoms with van der Waals surface area (Å²) in [6, 6.07) is 8.98. The van der Waals surface area contributed by atoms with Gasteiger partial charge in [0.05, 0.1) is 17.3 Å². The van der Waals surface area contributed by atoms with Crippen LogP contribution in [0.3, 0.4) is 0 Å². The molecule has 0 bridgehead atoms. The van der Waals surface area contributed by atoms with Crippen molar-refractivity contribution < 1.29 is 28.9 Å². The van der Waals surface area contributed by atoms with Crippen molar-refractivity contribution >= 4 is 11.9 Å². The van der Waals surface area contributed by atoms with Gasteiger partial charge in [0.2, 0.25) is 0 Å². The van der Waals surface area contributed by atoms with Crippen LogP contribution in [-0.2, 0) is 19.0 Å². The lowest BCUT2D eigenvalue weighted by molar-refractivity contribution is -0.217. The predicted octanol–water partition coefficient (Wildman–Crippen LogP) is 3.99. The largest absolute Gasteiger partial charge is 0.458 e. The zero-order valence-electron chi connectivity index (χ0n) is 19.7. The van der Waals surface area contributed by atoms with Crippen molar-refractivity contribution in [3.05, 3.63) is 59.7 Å². The lowest BCUT2D eigenvalue weighted by Crippen LogP contribution is -2.68. The number of benzene rings is 1. The van der Waals surface area contributed by atoms with Gasteiger partial charge in [0.25, 0.3) is 0 Å². The van der Waals surface area contributed by atoms with Crippen LogP contribution in [0.1, 0.15) is 57.3 Å². The van der Waals surface area contributed by atoms with Crippen molar-refractivity contribution in [1.29, 1.82) is 0 Å². The highest BCUT2D eigenvalue weighted by molar-refractivity contribution is 5.89. The number of cyclic esters (lactones) is 1. The van der Waals surface area contributed by atoms with Crippen molar-refractivity contribution in [3.63, 3.8) is 0 Å². The van der Waals surface area contributed by atoms with Crippen molar-refractivity contribution in [1.82, 2.24) is 0 Å². The average Bonchev–Trinajstić information content (AvgIpc) is 3.30. The maximum Gasteiger partial charge on any atom is 0.338 e. The van der Waals surface area contributed by atoms with Gasteiger partial charge in [-0.05, 0) is 50.3 Å². The van der Waals surface area contributed by atoms with E-state index in [0.717, 1.165) is 18.4 Å². The summed E-state index contributed by atoms with van der Waals surface area (Å²) >= 11 is 0. The van der Waals surface area contributed by atoms with Gasteiger partial charge in [-0.15, -0.1) is 0 Å². The molecule has 1 aromatic rings. The third-order valence-corrected chi connectivity index (χ3v) is 9.18. The molecule has 0 amide bonds. The van der Waals surface area contributed by atoms with Crippen LogP contribution >= 0.6 is 0 Å². The highest BCUT2D eigenvalue weighted by atomic mass is 16.6. The molecule has 2 aliphatic carbocycles. The second-order valence-corrected chi connectivity index (χ2v) is 10.8. The van der Waals surface area contributed by atoms with E-state index >= 15 is 0 Å². The first-order valence-electron chi connectivity index (χ1n) is 11.7. The van der Waals surface area contributed by atoms with Gasteiger partial charge >= 0.3 is 11.9 Å². The molecule has 6 nitrogen and oxygen atoms in total. The summed E-state index contributed by atoms with van der Waals surface area (Å²) < 4.78 is 17.4. The second-order valence-electron chi connectivity index (χ2n) is 10.8. The molecule has 0 spiro atoms. The van der Waals surface area contributed by atoms with E-state index in [2.05, 4.69) is 20.8 Å². The minimum atomic E-state index is -1.14. The van der Waals surface area contributed by atoms with Crippen LogP contribution in [-0.4, -0.2) is 47.1 Å². The Morgan fingerprint density at radius 1 is 1.15 bits per heavy atom. The first-order chi connectivity index (χ1) is 15.5. The van der Waals surface area contributed by atoms with Crippen molar-refractivity contribution in [2.45, 2.75) is 70.4 Å². The number of ether oxygens (including phenoxy) is 3. The summed E-state index contributed by atoms with van der Waals surface area (Å²) in [4.78, 5) is 24.5. The number of hydrogen-bond donors (Lipinski definition) is 1. The maximum absolute atomic E-state index is 13.0. The Morgan fingerprint density at radius 3 is 2.55 bits per heavy atom. The smallest absolute Gasteiger partial charge is 0.338 e. The molecule has 6 heteroatoms. The number of carbonyl (C=O) groups is 2. The first kappa shape index (κ1) is 22.4. The zero-order chi connectivity index (χ0) is 23.6. The fraction of sp³-hybridized carbons (Fsp3) is 0.556. The second kappa shape index (κ2) is 7.28. The van der Waals surface area contributed by atoms with Gasteiger partial charge in [-0.3, -0.25) is 0 Å². The standard InChI is InChI=1S/C27H32O6/c1-24(13-12-17-14-22(28)31-16-17)19-10-11-20-27(4,33-20)26(19,3)21(15-25(24,2)30)32-23(29)18-8-6-5-7-9-18/h5-9,12-14,19-21,30H,10-11,15-16H2,1-4H3/b13-12+/t19-,20-,21+,24-,25+,26+,27-/m1/s1. The van der Waals surface area contributed by atoms with Gasteiger partial charge in [0.1, 0.15) is 18.3 Å². The first-order valence-corrected chi connectivity index (χ1v) is 11.7. The molecule has 176 valence electrons. The number of esters is 2. The minimum Gasteiger partial charge on any atom is -0.458 e. The SMILES string of the molecule is C[C@@]12[C@@H](OC(=O)c3ccccc3)C[C@](C)(O)[C@](C)(/C=C/C3=CC(=O)OC3)[C@H]1CC[C@H]1O[C@]12C. The molecule has 3 fully saturated rings. The summed E-state index contributed by atoms with van der Waals surface area (Å²) in [5.74, 6) is -0.720. The lowest BCUT2D eigenvalue weighted by Gasteiger charge is -2.63. The molecule has 0 aromatic heterocycles. The fourth-order valence-electron chi connectivity index (χ4n) is 6.67. The van der Waals surface area contributed by atoms with E-state index < -0.39 is 28.1 Å². The Kier molecular flexibility index (Phi) is 4.93. The Morgan fingerprint density at radius 2 is 1.88 bits per heavy atom. The van der Waals surface area contributed by atoms with Crippen LogP contribution in [0, 0.1) is 16.7 Å². The molecule has 0 unspecified atom stereocenters. The van der Waals surface area contributed by atoms with Crippen LogP contribution in [0.5, 0.6) is 0 Å². The highest BCUT2D eigenvalue weighted by Gasteiger charge is 2.77. The van der Waals surface area contributed by atoms with Crippen molar-refractivity contribution in [3.8, 4) is 0 Å². The van der Waals surface area contributed by atoms with E-state index in [1.807, 2.05) is 37.3 Å². The summed E-state index contributed by atoms with van der Waals surface area (Å²) in [7, 11) is 0. The fourth-order valence-corrected chi connectivity index (χ4v) is 6.67. The molecule has 1 N–H and O–H groups in total. The van der Waals surface area contributed by atoms with E-state index in [-0.39, 0.29) is 30.6 Å². The lowest BCUT2D eigenvalue weighted by atomic mass is 9.43. The molecule has 33 heavy (non-hydrogen) atoms. The van der Waals surface area contributed by atoms with Gasteiger partial charge < -0.3 is 19.3 Å². The topological polar surface area (TPSA) is 85.4 Å². The molecule has 2 saturated carbocycles. The third-order valence-electron chi connectivity index (χ3n) is 9.18. The normalized spacial score (nSPS) is 44.0. The van der Waals surface area contributed by atoms with Crippen LogP contribution in [0.15, 0.2) is 54.1 Å². The van der Waals surface area contributed by atoms with Crippen LogP contribution in [0.2, 0.25) is 0 Å². The zero-order valence-corrected chi connectivity index (χ0v) is 19.7. The number of rotatable bonds is 4. The molecule has 5 rings (SSSR count). The quantitative estimate of drug-likeness (QED) is 0.549. The summed E-state index contributed by atoms with van der Waals surface area (Å²) in [6.45, 7) is 8.42. The molecule has 0 radical (unpaired) electrons. The van der Waals surface area contributed by atoms with E-state index in [0.29, 0.717) is 12.0 Å². The molecular formula is C27H32O6. The van der Waals surface area contributed by atoms with Gasteiger partial charge in [-0.25, -0.2) is 9.59 Å². The van der Waals surface area contributed by atoms with Crippen LogP contribution < -0.4 is 0 Å². The van der Waals surface area contributed by atoms with E-state index in [1.165, 1.54) is 6.08 Å². The molecule has 2 aliphatic heterocycles. The molecule has 7 atom stereocenters. The van der Waals surface area contributed by atoms with Gasteiger partial charge in [0.15, 0.2) is 0 Å². The van der Waals surface area contributed by atoms with Gasteiger partial charge in [-0.1, -0.05) is 44.2 Å². The predicted molar refractivity (Wildman–Crippen MR) is 121 cm³/mol. The van der Waals surface area contributed by atoms with E-state index in [4.69, 9.17) is 14.2 Å². The van der Waals surface area contributed by atoms with Gasteiger partial charge in [0, 0.05) is 23.3 Å². The number of carbonyl (C=O) groups excluding carboxylic acids is 2. The third kappa shape index (κ3) is 3.22. The van der Waals surface area contributed by atoms with Crippen LogP contribution in [0.4, 0.5) is 0 Å². The van der Waals surface area contributed by atoms with Crippen molar-refractivity contribution in [2.75, 3.05) is 6.61 Å². The Bertz CT molecular complexity index is 1040. The number of epoxide rings is 1. The van der Waals surface area contributed by atoms with Crippen LogP contribution in [0.25, 0.3) is 0 Å². The molecule has 4 aliphatic rings. The summed E-state index contributed by atoms with van der Waals surface area (Å²) in [6.07, 6.45) is 7.10. The Hall–Kier alpha value is -2.44. The maximum atomic E-state index is 13.0. The molecular weight excluding hydrogens is 420 g/mol. The minimum absolute atomic E-state index is 0.000876. The monoisotopic (exact) mass is 452 g/mol. The molecule has 1 aromatic carbocycles. The Balaban J connectivity index is 1.53. The number of fused-ring (bicyclic) bond motifs is 3. The number of aliphatic hydroxyl groups is 1. The van der Waals surface area contributed by atoms with E-state index in [1.54, 1.807) is 12.1 Å². The molecule has 2 heterocycles. The Labute approximate surface area is 194 Å². The summed E-state index contributed by atoms with van der Waals surface area (Å²) in [5, 5.41) is 11.8. The van der Waals surface area contributed by atoms with E-state index in [9.17, 15) is 14.7 Å². The average molecular weight is 453 g/mol. The number of hydrogen-bond acceptors (Lipinski definition) is 6. The highest BCUT2D eigenvalue weighted by Crippen LogP contribution is 2.71.